The summed E-state index contributed by atoms with van der Waals surface area (Å²) in [7, 11) is 0. The van der Waals surface area contributed by atoms with Crippen molar-refractivity contribution in [3.05, 3.63) is 376 Å². The molecule has 9 heterocycles. The van der Waals surface area contributed by atoms with E-state index in [-0.39, 0.29) is 58.0 Å². The zero-order chi connectivity index (χ0) is 100. The van der Waals surface area contributed by atoms with Crippen molar-refractivity contribution in [2.24, 2.45) is 71.0 Å². The fourth-order valence-corrected chi connectivity index (χ4v) is 36.8. The van der Waals surface area contributed by atoms with Crippen LogP contribution in [0.3, 0.4) is 0 Å². The molecule has 15 aromatic carbocycles. The highest BCUT2D eigenvalue weighted by Gasteiger charge is 2.68. The average molecular weight is 1940 g/mol. The summed E-state index contributed by atoms with van der Waals surface area (Å²) in [6, 6.07) is 123. The largest absolute Gasteiger partial charge is 0.311 e. The summed E-state index contributed by atoms with van der Waals surface area (Å²) in [5, 5.41) is 0. The Morgan fingerprint density at radius 3 is 0.785 bits per heavy atom. The van der Waals surface area contributed by atoms with Crippen molar-refractivity contribution in [3.8, 4) is 0 Å². The molecule has 0 N–H and O–H groups in total. The molecule has 21 aliphatic rings. The number of hydrogen-bond acceptors (Lipinski definition) is 6. The van der Waals surface area contributed by atoms with Gasteiger partial charge in [0, 0.05) is 102 Å². The van der Waals surface area contributed by atoms with Crippen LogP contribution in [0.2, 0.25) is 0 Å². The van der Waals surface area contributed by atoms with Crippen molar-refractivity contribution < 1.29 is 0 Å². The van der Waals surface area contributed by atoms with Gasteiger partial charge < -0.3 is 29.4 Å². The molecule has 12 fully saturated rings. The minimum absolute atomic E-state index is 0.0498. The molecule has 738 valence electrons. The number of benzene rings is 15. The molecule has 36 rings (SSSR count). The molecule has 12 aliphatic carbocycles. The number of fused-ring (bicyclic) bond motifs is 18. The second-order valence-corrected chi connectivity index (χ2v) is 53.7. The van der Waals surface area contributed by atoms with Gasteiger partial charge in [0.25, 0.3) is 20.1 Å². The first-order valence-corrected chi connectivity index (χ1v) is 57.8. The lowest BCUT2D eigenvalue weighted by Gasteiger charge is -2.64. The minimum atomic E-state index is 0.0498. The van der Waals surface area contributed by atoms with Crippen LogP contribution in [0.1, 0.15) is 260 Å². The molecule has 3 spiro atoms. The van der Waals surface area contributed by atoms with Crippen molar-refractivity contribution >= 4 is 172 Å². The van der Waals surface area contributed by atoms with Gasteiger partial charge in [-0.05, 0) is 427 Å². The van der Waals surface area contributed by atoms with Gasteiger partial charge in [0.1, 0.15) is 0 Å². The molecule has 9 heteroatoms. The summed E-state index contributed by atoms with van der Waals surface area (Å²) in [5.41, 5.74) is 56.3. The van der Waals surface area contributed by atoms with Crippen molar-refractivity contribution in [1.82, 2.24) is 0 Å². The second-order valence-electron chi connectivity index (χ2n) is 53.7. The molecular weight excluding hydrogens is 1800 g/mol. The Morgan fingerprint density at radius 2 is 0.463 bits per heavy atom. The van der Waals surface area contributed by atoms with Crippen LogP contribution in [-0.4, -0.2) is 20.1 Å². The van der Waals surface area contributed by atoms with Crippen molar-refractivity contribution in [1.29, 1.82) is 0 Å². The number of anilines is 18. The molecule has 0 amide bonds. The van der Waals surface area contributed by atoms with Crippen LogP contribution in [-0.2, 0) is 50.7 Å². The Balaban J connectivity index is 0.000000101. The molecule has 0 unspecified atom stereocenters. The van der Waals surface area contributed by atoms with Gasteiger partial charge >= 0.3 is 0 Å². The first-order chi connectivity index (χ1) is 72.2. The summed E-state index contributed by atoms with van der Waals surface area (Å²) >= 11 is 0. The summed E-state index contributed by atoms with van der Waals surface area (Å²) in [6.07, 6.45) is 23.3. The summed E-state index contributed by atoms with van der Waals surface area (Å²) in [5.74, 6) is 10.0. The molecule has 9 aliphatic heterocycles. The van der Waals surface area contributed by atoms with Crippen molar-refractivity contribution in [3.63, 3.8) is 0 Å². The van der Waals surface area contributed by atoms with E-state index in [1.165, 1.54) is 281 Å². The lowest BCUT2D eigenvalue weighted by molar-refractivity contribution is -0.0419. The van der Waals surface area contributed by atoms with E-state index < -0.39 is 0 Å². The van der Waals surface area contributed by atoms with Gasteiger partial charge in [-0.1, -0.05) is 297 Å². The number of aryl methyl sites for hydroxylation is 2. The van der Waals surface area contributed by atoms with E-state index in [0.29, 0.717) is 0 Å². The van der Waals surface area contributed by atoms with Crippen molar-refractivity contribution in [2.45, 2.75) is 244 Å². The number of rotatable bonds is 5. The Labute approximate surface area is 885 Å². The maximum absolute atomic E-state index is 2.71. The van der Waals surface area contributed by atoms with Crippen LogP contribution < -0.4 is 78.6 Å². The molecule has 0 saturated heterocycles. The lowest BCUT2D eigenvalue weighted by atomic mass is 9.32. The fourth-order valence-electron chi connectivity index (χ4n) is 36.8. The molecule has 0 atom stereocenters. The molecule has 6 nitrogen and oxygen atoms in total. The maximum atomic E-state index is 2.71. The number of para-hydroxylation sites is 6. The van der Waals surface area contributed by atoms with Crippen LogP contribution in [0, 0.1) is 71.0 Å². The molecular formula is C140H139B3N6. The SMILES string of the molecule is CC(C)(C)c1ccc(N2c3ccc(C(C)(C)C)cc3B3c4cccc5c4N(c4ccccc4C54C5CC6CC(C5)CC4C6)c4cccc2c43)cc1.CCc1ccc2c(c1)B1c3cccc4c3N(c3ccccc3C43C4CC5CC(C4)CC3C5)c3cccc(c31)N2c1ccc(C(C)(C)C)cc1.CCc1ccc2c(c1)N(c1ccc(C(C)(C)C)cc1)c1cccc3c1B2c1cccc2c1N3c1ccccc1C21C2CC3CC(C2)CC1C3. The van der Waals surface area contributed by atoms with Gasteiger partial charge in [-0.3, -0.25) is 0 Å². The predicted octanol–water partition coefficient (Wildman–Crippen LogP) is 29.8. The predicted molar refractivity (Wildman–Crippen MR) is 628 cm³/mol. The Hall–Kier alpha value is -12.7. The smallest absolute Gasteiger partial charge is 0.252 e. The van der Waals surface area contributed by atoms with Crippen LogP contribution in [0.15, 0.2) is 309 Å². The third kappa shape index (κ3) is 12.3. The third-order valence-corrected chi connectivity index (χ3v) is 42.2. The summed E-state index contributed by atoms with van der Waals surface area (Å²) < 4.78 is 0. The maximum Gasteiger partial charge on any atom is 0.252 e. The number of nitrogens with zero attached hydrogens (tertiary/aromatic N) is 6. The topological polar surface area (TPSA) is 19.4 Å². The summed E-state index contributed by atoms with van der Waals surface area (Å²) in [4.78, 5) is 15.8. The fraction of sp³-hybridized carbons (Fsp3) is 0.357. The van der Waals surface area contributed by atoms with E-state index in [0.717, 1.165) is 83.9 Å². The van der Waals surface area contributed by atoms with Gasteiger partial charge in [0.05, 0.1) is 17.1 Å². The highest BCUT2D eigenvalue weighted by Crippen LogP contribution is 2.75. The third-order valence-electron chi connectivity index (χ3n) is 42.2. The molecule has 149 heavy (non-hydrogen) atoms. The number of hydrogen-bond donors (Lipinski definition) is 0. The highest BCUT2D eigenvalue weighted by atomic mass is 15.2. The molecule has 0 radical (unpaired) electrons. The van der Waals surface area contributed by atoms with Gasteiger partial charge in [0.15, 0.2) is 0 Å². The van der Waals surface area contributed by atoms with E-state index in [4.69, 9.17) is 0 Å². The highest BCUT2D eigenvalue weighted by molar-refractivity contribution is 7.02. The van der Waals surface area contributed by atoms with Crippen LogP contribution in [0.5, 0.6) is 0 Å². The zero-order valence-electron chi connectivity index (χ0n) is 89.8. The normalized spacial score (nSPS) is 26.3. The van der Waals surface area contributed by atoms with E-state index in [2.05, 4.69) is 436 Å². The van der Waals surface area contributed by atoms with Gasteiger partial charge in [0.2, 0.25) is 0 Å². The Kier molecular flexibility index (Phi) is 19.2. The first-order valence-electron chi connectivity index (χ1n) is 57.8. The van der Waals surface area contributed by atoms with Crippen LogP contribution in [0.25, 0.3) is 0 Å². The monoisotopic (exact) mass is 1940 g/mol. The van der Waals surface area contributed by atoms with Crippen molar-refractivity contribution in [2.75, 3.05) is 29.4 Å². The minimum Gasteiger partial charge on any atom is -0.311 e. The Morgan fingerprint density at radius 1 is 0.208 bits per heavy atom. The summed E-state index contributed by atoms with van der Waals surface area (Å²) in [6.45, 7) is 33.0. The molecule has 0 aromatic heterocycles. The average Bonchev–Trinajstić information content (AvgIpc) is 0.667. The molecule has 15 aromatic rings. The van der Waals surface area contributed by atoms with Crippen LogP contribution >= 0.6 is 0 Å². The van der Waals surface area contributed by atoms with Gasteiger partial charge in [-0.15, -0.1) is 0 Å². The second kappa shape index (κ2) is 31.7. The molecule has 12 saturated carbocycles. The zero-order valence-corrected chi connectivity index (χ0v) is 89.8. The van der Waals surface area contributed by atoms with E-state index >= 15 is 0 Å². The standard InChI is InChI=1S/C48H49BN2.2C46H45BN2/c1-46(2,3)31-17-20-35(21-18-31)50-41-22-19-32(47(4,5)6)28-39(41)49-38-13-9-12-37-45(38)51(43-16-10-15-42(50)44(43)49)40-14-8-7-11-36(40)48(37)33-24-29-23-30(26-33)27-34(48)25-29;1-5-28-16-21-37-42(27-28)48(34-19-17-31(18-20-34)45(2,3)4)40-14-9-15-41-43(40)47(37)38-12-8-11-36-44(38)49(41)39-13-7-6-10-35(39)46(36)32-23-29-22-30(25-32)26-33(46)24-29;1-5-28-16-21-40-38(27-28)47-37-12-8-11-36-44(37)49(39-13-7-6-10-35(39)46(36)32-23-29-22-30(25-32)26-33(46)24-29)42-15-9-14-41(43(42)47)48(40)34-19-17-31(18-20-34)45(2,3)4/h7-22,28-30,33-34H,23-27H2,1-6H3;2*6-21,27,29-30,32-33H,5,22-26H2,1-4H3. The lowest BCUT2D eigenvalue weighted by Crippen LogP contribution is -2.64. The van der Waals surface area contributed by atoms with Gasteiger partial charge in [-0.2, -0.15) is 0 Å². The Bertz CT molecular complexity index is 8070. The van der Waals surface area contributed by atoms with E-state index in [1.54, 1.807) is 33.4 Å². The van der Waals surface area contributed by atoms with Gasteiger partial charge in [-0.25, -0.2) is 0 Å². The van der Waals surface area contributed by atoms with E-state index in [1.807, 2.05) is 0 Å². The van der Waals surface area contributed by atoms with Crippen LogP contribution in [0.4, 0.5) is 102 Å². The van der Waals surface area contributed by atoms with E-state index in [9.17, 15) is 0 Å². The quantitative estimate of drug-likeness (QED) is 0.159. The molecule has 12 bridgehead atoms. The first kappa shape index (κ1) is 90.2.